The third-order valence-electron chi connectivity index (χ3n) is 3.85. The Bertz CT molecular complexity index is 920. The second-order valence-corrected chi connectivity index (χ2v) is 8.41. The molecule has 0 saturated heterocycles. The molecule has 1 heterocycles. The molecule has 0 radical (unpaired) electrons. The van der Waals surface area contributed by atoms with Gasteiger partial charge in [0.15, 0.2) is 10.9 Å². The van der Waals surface area contributed by atoms with Gasteiger partial charge in [0.1, 0.15) is 5.75 Å². The van der Waals surface area contributed by atoms with Crippen LogP contribution in [0.3, 0.4) is 0 Å². The lowest BCUT2D eigenvalue weighted by atomic mass is 10.1. The SMILES string of the molecule is Cc1cccc(CSc2nnc(NC(=O)COc3c(C)cccc3C)s2)c1. The molecule has 1 N–H and O–H groups in total. The van der Waals surface area contributed by atoms with Gasteiger partial charge in [0.05, 0.1) is 0 Å². The summed E-state index contributed by atoms with van der Waals surface area (Å²) >= 11 is 2.97. The lowest BCUT2D eigenvalue weighted by molar-refractivity contribution is -0.118. The van der Waals surface area contributed by atoms with Crippen LogP contribution in [0.25, 0.3) is 0 Å². The van der Waals surface area contributed by atoms with E-state index in [1.807, 2.05) is 38.1 Å². The van der Waals surface area contributed by atoms with Crippen LogP contribution in [0.5, 0.6) is 5.75 Å². The highest BCUT2D eigenvalue weighted by molar-refractivity contribution is 8.00. The van der Waals surface area contributed by atoms with Crippen LogP contribution in [-0.4, -0.2) is 22.7 Å². The van der Waals surface area contributed by atoms with Gasteiger partial charge in [0, 0.05) is 5.75 Å². The number of anilines is 1. The van der Waals surface area contributed by atoms with Crippen molar-refractivity contribution in [3.8, 4) is 5.75 Å². The van der Waals surface area contributed by atoms with Gasteiger partial charge in [-0.05, 0) is 37.5 Å². The Hall–Kier alpha value is -2.38. The van der Waals surface area contributed by atoms with Gasteiger partial charge in [0.25, 0.3) is 5.91 Å². The molecule has 140 valence electrons. The van der Waals surface area contributed by atoms with Gasteiger partial charge >= 0.3 is 0 Å². The number of rotatable bonds is 7. The van der Waals surface area contributed by atoms with E-state index >= 15 is 0 Å². The Labute approximate surface area is 167 Å². The molecule has 0 unspecified atom stereocenters. The summed E-state index contributed by atoms with van der Waals surface area (Å²) < 4.78 is 6.49. The first-order valence-electron chi connectivity index (χ1n) is 8.52. The monoisotopic (exact) mass is 399 g/mol. The highest BCUT2D eigenvalue weighted by atomic mass is 32.2. The quantitative estimate of drug-likeness (QED) is 0.458. The number of para-hydroxylation sites is 1. The van der Waals surface area contributed by atoms with Crippen molar-refractivity contribution in [2.24, 2.45) is 0 Å². The Morgan fingerprint density at radius 1 is 1.11 bits per heavy atom. The molecule has 0 atom stereocenters. The fraction of sp³-hybridized carbons (Fsp3) is 0.250. The first-order chi connectivity index (χ1) is 13.0. The maximum absolute atomic E-state index is 12.1. The molecule has 1 amide bonds. The molecule has 2 aromatic carbocycles. The number of carbonyl (C=O) groups is 1. The van der Waals surface area contributed by atoms with Crippen LogP contribution in [0.2, 0.25) is 0 Å². The van der Waals surface area contributed by atoms with E-state index in [2.05, 4.69) is 40.6 Å². The number of aromatic nitrogens is 2. The first-order valence-corrected chi connectivity index (χ1v) is 10.3. The number of benzene rings is 2. The molecule has 7 heteroatoms. The average molecular weight is 400 g/mol. The van der Waals surface area contributed by atoms with Gasteiger partial charge < -0.3 is 4.74 Å². The molecule has 0 aliphatic carbocycles. The smallest absolute Gasteiger partial charge is 0.264 e. The minimum absolute atomic E-state index is 0.0585. The third kappa shape index (κ3) is 5.55. The molecular formula is C20H21N3O2S2. The second kappa shape index (κ2) is 9.01. The summed E-state index contributed by atoms with van der Waals surface area (Å²) in [6.45, 7) is 5.94. The van der Waals surface area contributed by atoms with Crippen LogP contribution in [0, 0.1) is 20.8 Å². The van der Waals surface area contributed by atoms with E-state index in [1.54, 1.807) is 11.8 Å². The number of nitrogens with one attached hydrogen (secondary N) is 1. The molecule has 27 heavy (non-hydrogen) atoms. The van der Waals surface area contributed by atoms with E-state index in [0.717, 1.165) is 27.0 Å². The number of hydrogen-bond acceptors (Lipinski definition) is 6. The maximum Gasteiger partial charge on any atom is 0.264 e. The van der Waals surface area contributed by atoms with Crippen molar-refractivity contribution in [2.75, 3.05) is 11.9 Å². The van der Waals surface area contributed by atoms with Gasteiger partial charge in [-0.25, -0.2) is 0 Å². The van der Waals surface area contributed by atoms with Crippen molar-refractivity contribution in [3.05, 3.63) is 64.7 Å². The van der Waals surface area contributed by atoms with Crippen LogP contribution in [0.15, 0.2) is 46.8 Å². The summed E-state index contributed by atoms with van der Waals surface area (Å²) in [5, 5.41) is 11.4. The van der Waals surface area contributed by atoms with Gasteiger partial charge in [0.2, 0.25) is 5.13 Å². The summed E-state index contributed by atoms with van der Waals surface area (Å²) in [5.41, 5.74) is 4.49. The van der Waals surface area contributed by atoms with Gasteiger partial charge in [-0.1, -0.05) is 71.1 Å². The Kier molecular flexibility index (Phi) is 6.47. The molecule has 0 aliphatic heterocycles. The van der Waals surface area contributed by atoms with E-state index in [0.29, 0.717) is 5.13 Å². The van der Waals surface area contributed by atoms with E-state index in [-0.39, 0.29) is 12.5 Å². The van der Waals surface area contributed by atoms with Crippen molar-refractivity contribution in [2.45, 2.75) is 30.9 Å². The van der Waals surface area contributed by atoms with E-state index in [4.69, 9.17) is 4.74 Å². The van der Waals surface area contributed by atoms with Gasteiger partial charge in [-0.15, -0.1) is 10.2 Å². The minimum Gasteiger partial charge on any atom is -0.483 e. The number of nitrogens with zero attached hydrogens (tertiary/aromatic N) is 2. The number of thioether (sulfide) groups is 1. The summed E-state index contributed by atoms with van der Waals surface area (Å²) in [5.74, 6) is 1.32. The van der Waals surface area contributed by atoms with Crippen molar-refractivity contribution < 1.29 is 9.53 Å². The molecule has 0 fully saturated rings. The Morgan fingerprint density at radius 3 is 2.59 bits per heavy atom. The Morgan fingerprint density at radius 2 is 1.85 bits per heavy atom. The second-order valence-electron chi connectivity index (χ2n) is 6.21. The van der Waals surface area contributed by atoms with Crippen molar-refractivity contribution in [1.82, 2.24) is 10.2 Å². The summed E-state index contributed by atoms with van der Waals surface area (Å²) in [6.07, 6.45) is 0. The molecule has 1 aromatic heterocycles. The molecule has 3 rings (SSSR count). The van der Waals surface area contributed by atoms with Crippen molar-refractivity contribution >= 4 is 34.1 Å². The zero-order valence-corrected chi connectivity index (χ0v) is 17.1. The predicted octanol–water partition coefficient (Wildman–Crippen LogP) is 4.77. The fourth-order valence-electron chi connectivity index (χ4n) is 2.59. The van der Waals surface area contributed by atoms with Crippen LogP contribution < -0.4 is 10.1 Å². The third-order valence-corrected chi connectivity index (χ3v) is 5.90. The summed E-state index contributed by atoms with van der Waals surface area (Å²) in [7, 11) is 0. The summed E-state index contributed by atoms with van der Waals surface area (Å²) in [4.78, 5) is 12.1. The number of hydrogen-bond donors (Lipinski definition) is 1. The highest BCUT2D eigenvalue weighted by Gasteiger charge is 2.11. The van der Waals surface area contributed by atoms with E-state index in [9.17, 15) is 4.79 Å². The predicted molar refractivity (Wildman–Crippen MR) is 111 cm³/mol. The molecule has 0 spiro atoms. The maximum atomic E-state index is 12.1. The first kappa shape index (κ1) is 19.4. The van der Waals surface area contributed by atoms with Gasteiger partial charge in [-0.2, -0.15) is 0 Å². The molecular weight excluding hydrogens is 378 g/mol. The number of carbonyl (C=O) groups excluding carboxylic acids is 1. The lowest BCUT2D eigenvalue weighted by Gasteiger charge is -2.11. The fourth-order valence-corrected chi connectivity index (χ4v) is 4.30. The van der Waals surface area contributed by atoms with Crippen LogP contribution in [0.1, 0.15) is 22.3 Å². The zero-order chi connectivity index (χ0) is 19.2. The molecule has 0 bridgehead atoms. The van der Waals surface area contributed by atoms with Crippen LogP contribution in [0.4, 0.5) is 5.13 Å². The standard InChI is InChI=1S/C20H21N3O2S2/c1-13-6-4-9-16(10-13)12-26-20-23-22-19(27-20)21-17(24)11-25-18-14(2)7-5-8-15(18)3/h4-10H,11-12H2,1-3H3,(H,21,22,24). The largest absolute Gasteiger partial charge is 0.483 e. The average Bonchev–Trinajstić information content (AvgIpc) is 3.07. The lowest BCUT2D eigenvalue weighted by Crippen LogP contribution is -2.20. The number of aryl methyl sites for hydroxylation is 3. The highest BCUT2D eigenvalue weighted by Crippen LogP contribution is 2.28. The Balaban J connectivity index is 1.50. The van der Waals surface area contributed by atoms with E-state index in [1.165, 1.54) is 22.5 Å². The molecule has 3 aromatic rings. The number of amides is 1. The minimum atomic E-state index is -0.246. The molecule has 5 nitrogen and oxygen atoms in total. The topological polar surface area (TPSA) is 64.1 Å². The van der Waals surface area contributed by atoms with Crippen LogP contribution in [-0.2, 0) is 10.5 Å². The van der Waals surface area contributed by atoms with Crippen molar-refractivity contribution in [1.29, 1.82) is 0 Å². The van der Waals surface area contributed by atoms with Crippen LogP contribution >= 0.6 is 23.1 Å². The summed E-state index contributed by atoms with van der Waals surface area (Å²) in [6, 6.07) is 14.3. The molecule has 0 aliphatic rings. The van der Waals surface area contributed by atoms with Crippen molar-refractivity contribution in [3.63, 3.8) is 0 Å². The number of ether oxygens (including phenoxy) is 1. The zero-order valence-electron chi connectivity index (χ0n) is 15.5. The normalized spacial score (nSPS) is 10.6. The van der Waals surface area contributed by atoms with E-state index < -0.39 is 0 Å². The van der Waals surface area contributed by atoms with Gasteiger partial charge in [-0.3, -0.25) is 10.1 Å². The molecule has 0 saturated carbocycles.